The number of aldehydes is 1. The number of aliphatic carboxylic acids is 1. The predicted octanol–water partition coefficient (Wildman–Crippen LogP) is 0.923. The van der Waals surface area contributed by atoms with Gasteiger partial charge in [-0.15, -0.1) is 11.8 Å². The number of methoxy groups -OCH3 is 1. The maximum atomic E-state index is 12.1. The van der Waals surface area contributed by atoms with E-state index >= 15 is 0 Å². The largest absolute Gasteiger partial charge is 0.481 e. The number of nitrogens with two attached hydrogens (primary N) is 1. The molecule has 1 saturated heterocycles. The quantitative estimate of drug-likeness (QED) is 0.254. The Hall–Kier alpha value is -1.38. The topological polar surface area (TPSA) is 119 Å². The van der Waals surface area contributed by atoms with Crippen molar-refractivity contribution in [1.29, 1.82) is 0 Å². The van der Waals surface area contributed by atoms with Crippen molar-refractivity contribution in [2.45, 2.75) is 55.3 Å². The first-order chi connectivity index (χ1) is 10.9. The molecule has 0 aromatic carbocycles. The molecule has 7 nitrogen and oxygen atoms in total. The van der Waals surface area contributed by atoms with Crippen LogP contribution in [-0.2, 0) is 19.1 Å². The summed E-state index contributed by atoms with van der Waals surface area (Å²) >= 11 is 1.83. The molecule has 1 aliphatic rings. The van der Waals surface area contributed by atoms with Gasteiger partial charge in [0.15, 0.2) is 5.66 Å². The first-order valence-corrected chi connectivity index (χ1v) is 8.41. The number of carbonyl (C=O) groups is 3. The van der Waals surface area contributed by atoms with E-state index in [0.29, 0.717) is 6.29 Å². The number of thioether (sulfide) groups is 1. The fourth-order valence-corrected chi connectivity index (χ4v) is 5.44. The van der Waals surface area contributed by atoms with Gasteiger partial charge in [-0.25, -0.2) is 4.79 Å². The molecular formula is C16H26N2O5S. The third kappa shape index (κ3) is 4.58. The normalized spacial score (nSPS) is 23.1. The molecule has 1 aliphatic heterocycles. The zero-order valence-electron chi connectivity index (χ0n) is 14.7. The molecule has 0 spiro atoms. The maximum Gasteiger partial charge on any atom is 0.345 e. The molecule has 1 fully saturated rings. The van der Waals surface area contributed by atoms with Crippen LogP contribution in [0.4, 0.5) is 0 Å². The number of nitrogens with one attached hydrogen (secondary N) is 1. The lowest BCUT2D eigenvalue weighted by atomic mass is 9.81. The summed E-state index contributed by atoms with van der Waals surface area (Å²) in [6.07, 6.45) is 3.23. The molecule has 1 unspecified atom stereocenters. The number of hydrogen-bond acceptors (Lipinski definition) is 7. The van der Waals surface area contributed by atoms with Gasteiger partial charge in [0.2, 0.25) is 0 Å². The Labute approximate surface area is 146 Å². The van der Waals surface area contributed by atoms with E-state index in [-0.39, 0.29) is 15.4 Å². The Morgan fingerprint density at radius 3 is 2.29 bits per heavy atom. The van der Waals surface area contributed by atoms with Gasteiger partial charge >= 0.3 is 11.9 Å². The Morgan fingerprint density at radius 2 is 1.92 bits per heavy atom. The lowest BCUT2D eigenvalue weighted by Crippen LogP contribution is -2.63. The van der Waals surface area contributed by atoms with Crippen molar-refractivity contribution in [3.8, 4) is 0 Å². The van der Waals surface area contributed by atoms with Crippen molar-refractivity contribution in [3.05, 3.63) is 12.2 Å². The first kappa shape index (κ1) is 20.7. The molecule has 8 heteroatoms. The van der Waals surface area contributed by atoms with Gasteiger partial charge in [-0.2, -0.15) is 0 Å². The van der Waals surface area contributed by atoms with Gasteiger partial charge in [0.1, 0.15) is 6.29 Å². The second-order valence-corrected chi connectivity index (χ2v) is 9.30. The average molecular weight is 358 g/mol. The first-order valence-electron chi connectivity index (χ1n) is 7.59. The Morgan fingerprint density at radius 1 is 1.38 bits per heavy atom. The highest BCUT2D eigenvalue weighted by molar-refractivity contribution is 8.03. The van der Waals surface area contributed by atoms with Crippen LogP contribution in [0.5, 0.6) is 0 Å². The fourth-order valence-electron chi connectivity index (χ4n) is 3.27. The number of carboxylic acid groups (broad SMARTS) is 1. The van der Waals surface area contributed by atoms with Crippen LogP contribution >= 0.6 is 11.8 Å². The number of ether oxygens (including phenoxy) is 1. The highest BCUT2D eigenvalue weighted by atomic mass is 32.2. The van der Waals surface area contributed by atoms with Gasteiger partial charge < -0.3 is 20.4 Å². The predicted molar refractivity (Wildman–Crippen MR) is 92.6 cm³/mol. The summed E-state index contributed by atoms with van der Waals surface area (Å²) in [5.41, 5.74) is 4.30. The van der Waals surface area contributed by atoms with Gasteiger partial charge in [0, 0.05) is 15.4 Å². The molecule has 0 bridgehead atoms. The SMILES string of the molecule is COC(=O)C(N)(/C=C/C1C(C)(C)SC1(C)C)N[C@H](C=O)CC(=O)O. The van der Waals surface area contributed by atoms with E-state index in [1.165, 1.54) is 13.2 Å². The number of rotatable bonds is 8. The molecule has 0 aromatic rings. The molecule has 0 amide bonds. The summed E-state index contributed by atoms with van der Waals surface area (Å²) in [5, 5.41) is 11.4. The molecule has 0 radical (unpaired) electrons. The fraction of sp³-hybridized carbons (Fsp3) is 0.688. The summed E-state index contributed by atoms with van der Waals surface area (Å²) in [7, 11) is 1.18. The van der Waals surface area contributed by atoms with E-state index in [0.717, 1.165) is 0 Å². The molecule has 24 heavy (non-hydrogen) atoms. The molecule has 1 heterocycles. The van der Waals surface area contributed by atoms with E-state index < -0.39 is 30.1 Å². The van der Waals surface area contributed by atoms with E-state index in [4.69, 9.17) is 15.6 Å². The number of allylic oxidation sites excluding steroid dienone is 1. The highest BCUT2D eigenvalue weighted by Gasteiger charge is 2.52. The number of esters is 1. The lowest BCUT2D eigenvalue weighted by molar-refractivity contribution is -0.147. The third-order valence-corrected chi connectivity index (χ3v) is 5.64. The van der Waals surface area contributed by atoms with Gasteiger partial charge in [-0.1, -0.05) is 33.8 Å². The zero-order valence-corrected chi connectivity index (χ0v) is 15.5. The second-order valence-electron chi connectivity index (χ2n) is 6.99. The van der Waals surface area contributed by atoms with Crippen molar-refractivity contribution in [3.63, 3.8) is 0 Å². The zero-order chi connectivity index (χ0) is 18.8. The van der Waals surface area contributed by atoms with Crippen molar-refractivity contribution in [2.75, 3.05) is 7.11 Å². The molecule has 1 rings (SSSR count). The van der Waals surface area contributed by atoms with E-state index in [1.807, 2.05) is 17.8 Å². The standard InChI is InChI=1S/C16H26N2O5S/c1-14(2)11(15(3,4)24-14)6-7-16(17,13(22)23-5)18-10(9-19)8-12(20)21/h6-7,9-11,18H,8,17H2,1-5H3,(H,20,21)/b7-6+/t10-,16?/m0/s1. The van der Waals surface area contributed by atoms with E-state index in [9.17, 15) is 14.4 Å². The van der Waals surface area contributed by atoms with Gasteiger partial charge in [0.05, 0.1) is 19.6 Å². The molecule has 2 atom stereocenters. The summed E-state index contributed by atoms with van der Waals surface area (Å²) in [5.74, 6) is -1.81. The van der Waals surface area contributed by atoms with Gasteiger partial charge in [-0.3, -0.25) is 10.1 Å². The smallest absolute Gasteiger partial charge is 0.345 e. The summed E-state index contributed by atoms with van der Waals surface area (Å²) in [4.78, 5) is 34.0. The van der Waals surface area contributed by atoms with Crippen LogP contribution in [0.3, 0.4) is 0 Å². The van der Waals surface area contributed by atoms with Crippen molar-refractivity contribution >= 4 is 30.0 Å². The Balaban J connectivity index is 3.03. The second kappa shape index (κ2) is 7.25. The molecule has 136 valence electrons. The minimum Gasteiger partial charge on any atom is -0.481 e. The minimum absolute atomic E-state index is 0.0118. The van der Waals surface area contributed by atoms with Crippen LogP contribution in [0.2, 0.25) is 0 Å². The van der Waals surface area contributed by atoms with Crippen LogP contribution in [-0.4, -0.2) is 51.6 Å². The van der Waals surface area contributed by atoms with Crippen LogP contribution in [0.15, 0.2) is 12.2 Å². The average Bonchev–Trinajstić information content (AvgIpc) is 2.43. The maximum absolute atomic E-state index is 12.1. The minimum atomic E-state index is -1.78. The van der Waals surface area contributed by atoms with Gasteiger partial charge in [0.25, 0.3) is 0 Å². The molecule has 0 aromatic heterocycles. The van der Waals surface area contributed by atoms with Crippen LogP contribution in [0.25, 0.3) is 0 Å². The summed E-state index contributed by atoms with van der Waals surface area (Å²) in [6, 6.07) is -1.10. The van der Waals surface area contributed by atoms with Crippen molar-refractivity contribution in [2.24, 2.45) is 11.7 Å². The highest BCUT2D eigenvalue weighted by Crippen LogP contribution is 2.59. The third-order valence-electron chi connectivity index (χ3n) is 4.08. The van der Waals surface area contributed by atoms with Crippen LogP contribution in [0.1, 0.15) is 34.1 Å². The Bertz CT molecular complexity index is 533. The Kier molecular flexibility index (Phi) is 6.24. The van der Waals surface area contributed by atoms with Crippen LogP contribution < -0.4 is 11.1 Å². The van der Waals surface area contributed by atoms with E-state index in [2.05, 4.69) is 33.0 Å². The monoisotopic (exact) mass is 358 g/mol. The van der Waals surface area contributed by atoms with Gasteiger partial charge in [-0.05, 0) is 6.08 Å². The molecule has 4 N–H and O–H groups in total. The lowest BCUT2D eigenvalue weighted by Gasteiger charge is -2.56. The summed E-state index contributed by atoms with van der Waals surface area (Å²) < 4.78 is 4.68. The van der Waals surface area contributed by atoms with Crippen LogP contribution in [0, 0.1) is 5.92 Å². The summed E-state index contributed by atoms with van der Waals surface area (Å²) in [6.45, 7) is 8.39. The van der Waals surface area contributed by atoms with Crippen molar-refractivity contribution in [1.82, 2.24) is 5.32 Å². The molecule has 0 aliphatic carbocycles. The molecule has 0 saturated carbocycles. The number of carbonyl (C=O) groups excluding carboxylic acids is 2. The molecular weight excluding hydrogens is 332 g/mol. The number of carboxylic acids is 1. The van der Waals surface area contributed by atoms with Crippen molar-refractivity contribution < 1.29 is 24.2 Å². The van der Waals surface area contributed by atoms with E-state index in [1.54, 1.807) is 0 Å². The number of hydrogen-bond donors (Lipinski definition) is 3.